The van der Waals surface area contributed by atoms with Gasteiger partial charge in [-0.05, 0) is 12.8 Å². The predicted molar refractivity (Wildman–Crippen MR) is 46.4 cm³/mol. The van der Waals surface area contributed by atoms with Gasteiger partial charge in [0.2, 0.25) is 5.89 Å². The average molecular weight is 182 g/mol. The molecule has 4 heteroatoms. The summed E-state index contributed by atoms with van der Waals surface area (Å²) in [4.78, 5) is 4.23. The maximum absolute atomic E-state index is 5.48. The molecular weight excluding hydrogens is 168 g/mol. The van der Waals surface area contributed by atoms with Crippen LogP contribution in [0.25, 0.3) is 0 Å². The lowest BCUT2D eigenvalue weighted by molar-refractivity contribution is 0.109. The van der Waals surface area contributed by atoms with Gasteiger partial charge in [0.1, 0.15) is 0 Å². The molecule has 0 N–H and O–H groups in total. The summed E-state index contributed by atoms with van der Waals surface area (Å²) in [5, 5.41) is 3.88. The van der Waals surface area contributed by atoms with E-state index in [4.69, 9.17) is 9.26 Å². The van der Waals surface area contributed by atoms with Crippen LogP contribution in [0.2, 0.25) is 0 Å². The van der Waals surface area contributed by atoms with Crippen molar-refractivity contribution >= 4 is 0 Å². The predicted octanol–water partition coefficient (Wildman–Crippen LogP) is 1.35. The van der Waals surface area contributed by atoms with Crippen LogP contribution in [0.5, 0.6) is 0 Å². The highest BCUT2D eigenvalue weighted by Crippen LogP contribution is 2.15. The summed E-state index contributed by atoms with van der Waals surface area (Å²) >= 11 is 0. The minimum absolute atomic E-state index is 0.308. The molecule has 0 saturated carbocycles. The Labute approximate surface area is 77.3 Å². The molecule has 0 aromatic carbocycles. The fourth-order valence-electron chi connectivity index (χ4n) is 1.53. The van der Waals surface area contributed by atoms with E-state index in [0.717, 1.165) is 38.1 Å². The van der Waals surface area contributed by atoms with Crippen molar-refractivity contribution in [3.63, 3.8) is 0 Å². The Morgan fingerprint density at radius 3 is 3.08 bits per heavy atom. The van der Waals surface area contributed by atoms with Crippen LogP contribution in [0.15, 0.2) is 4.52 Å². The van der Waals surface area contributed by atoms with Crippen LogP contribution in [0, 0.1) is 0 Å². The van der Waals surface area contributed by atoms with Crippen LogP contribution in [-0.2, 0) is 17.6 Å². The minimum atomic E-state index is 0.308. The number of hydrogen-bond acceptors (Lipinski definition) is 4. The van der Waals surface area contributed by atoms with Gasteiger partial charge < -0.3 is 9.26 Å². The third kappa shape index (κ3) is 2.06. The molecule has 0 radical (unpaired) electrons. The molecule has 1 atom stereocenters. The third-order valence-corrected chi connectivity index (χ3v) is 2.25. The third-order valence-electron chi connectivity index (χ3n) is 2.25. The summed E-state index contributed by atoms with van der Waals surface area (Å²) in [6.45, 7) is 2.88. The van der Waals surface area contributed by atoms with Gasteiger partial charge in [-0.1, -0.05) is 12.1 Å². The minimum Gasteiger partial charge on any atom is -0.378 e. The van der Waals surface area contributed by atoms with Gasteiger partial charge in [0.05, 0.1) is 6.10 Å². The molecule has 4 nitrogen and oxygen atoms in total. The van der Waals surface area contributed by atoms with Gasteiger partial charge >= 0.3 is 0 Å². The van der Waals surface area contributed by atoms with E-state index in [-0.39, 0.29) is 0 Å². The van der Waals surface area contributed by atoms with Gasteiger partial charge in [-0.3, -0.25) is 0 Å². The number of aromatic nitrogens is 2. The molecule has 0 aliphatic carbocycles. The zero-order chi connectivity index (χ0) is 9.10. The molecule has 0 spiro atoms. The monoisotopic (exact) mass is 182 g/mol. The molecule has 2 rings (SSSR count). The summed E-state index contributed by atoms with van der Waals surface area (Å²) in [6, 6.07) is 0. The lowest BCUT2D eigenvalue weighted by Crippen LogP contribution is -2.09. The Hall–Kier alpha value is -0.900. The number of aryl methyl sites for hydroxylation is 1. The number of nitrogens with zero attached hydrogens (tertiary/aromatic N) is 2. The maximum atomic E-state index is 5.48. The highest BCUT2D eigenvalue weighted by Gasteiger charge is 2.18. The topological polar surface area (TPSA) is 48.2 Å². The van der Waals surface area contributed by atoms with E-state index in [1.165, 1.54) is 0 Å². The van der Waals surface area contributed by atoms with Crippen molar-refractivity contribution in [2.75, 3.05) is 6.61 Å². The van der Waals surface area contributed by atoms with E-state index in [1.54, 1.807) is 0 Å². The van der Waals surface area contributed by atoms with Gasteiger partial charge in [-0.25, -0.2) is 0 Å². The van der Waals surface area contributed by atoms with Crippen LogP contribution in [0.4, 0.5) is 0 Å². The molecule has 2 heterocycles. The van der Waals surface area contributed by atoms with Gasteiger partial charge in [-0.15, -0.1) is 0 Å². The van der Waals surface area contributed by atoms with Crippen LogP contribution < -0.4 is 0 Å². The summed E-state index contributed by atoms with van der Waals surface area (Å²) in [7, 11) is 0. The van der Waals surface area contributed by atoms with Crippen molar-refractivity contribution < 1.29 is 9.26 Å². The van der Waals surface area contributed by atoms with Crippen molar-refractivity contribution in [3.8, 4) is 0 Å². The molecule has 1 fully saturated rings. The van der Waals surface area contributed by atoms with E-state index in [2.05, 4.69) is 10.1 Å². The first kappa shape index (κ1) is 8.69. The molecule has 1 aliphatic rings. The van der Waals surface area contributed by atoms with E-state index in [1.807, 2.05) is 6.92 Å². The smallest absolute Gasteiger partial charge is 0.226 e. The van der Waals surface area contributed by atoms with Gasteiger partial charge in [0.15, 0.2) is 5.82 Å². The Kier molecular flexibility index (Phi) is 2.59. The highest BCUT2D eigenvalue weighted by atomic mass is 16.5. The van der Waals surface area contributed by atoms with E-state index in [9.17, 15) is 0 Å². The Balaban J connectivity index is 1.92. The molecule has 1 aromatic rings. The van der Waals surface area contributed by atoms with Crippen LogP contribution in [-0.4, -0.2) is 22.9 Å². The maximum Gasteiger partial charge on any atom is 0.226 e. The number of hydrogen-bond donors (Lipinski definition) is 0. The number of rotatable bonds is 3. The largest absolute Gasteiger partial charge is 0.378 e. The van der Waals surface area contributed by atoms with Gasteiger partial charge in [0, 0.05) is 19.4 Å². The van der Waals surface area contributed by atoms with Crippen LogP contribution >= 0.6 is 0 Å². The average Bonchev–Trinajstić information content (AvgIpc) is 2.76. The van der Waals surface area contributed by atoms with Gasteiger partial charge in [-0.2, -0.15) is 4.98 Å². The molecule has 1 unspecified atom stereocenters. The summed E-state index contributed by atoms with van der Waals surface area (Å²) < 4.78 is 10.5. The second-order valence-corrected chi connectivity index (χ2v) is 3.30. The summed E-state index contributed by atoms with van der Waals surface area (Å²) in [6.07, 6.45) is 4.18. The second kappa shape index (κ2) is 3.87. The first-order valence-corrected chi connectivity index (χ1v) is 4.81. The zero-order valence-corrected chi connectivity index (χ0v) is 7.82. The molecule has 1 saturated heterocycles. The van der Waals surface area contributed by atoms with Crippen molar-refractivity contribution in [2.45, 2.75) is 38.7 Å². The molecule has 1 aliphatic heterocycles. The van der Waals surface area contributed by atoms with Crippen LogP contribution in [0.3, 0.4) is 0 Å². The Bertz CT molecular complexity index is 266. The van der Waals surface area contributed by atoms with E-state index in [0.29, 0.717) is 12.0 Å². The Morgan fingerprint density at radius 2 is 2.46 bits per heavy atom. The fraction of sp³-hybridized carbons (Fsp3) is 0.778. The standard InChI is InChI=1S/C9H14N2O2/c1-2-9-10-8(11-13-9)6-7-4-3-5-12-7/h7H,2-6H2,1H3. The fourth-order valence-corrected chi connectivity index (χ4v) is 1.53. The quantitative estimate of drug-likeness (QED) is 0.708. The first-order chi connectivity index (χ1) is 6.38. The van der Waals surface area contributed by atoms with Crippen LogP contribution in [0.1, 0.15) is 31.5 Å². The molecule has 72 valence electrons. The molecule has 1 aromatic heterocycles. The molecule has 0 amide bonds. The zero-order valence-electron chi connectivity index (χ0n) is 7.82. The van der Waals surface area contributed by atoms with Crippen molar-refractivity contribution in [2.24, 2.45) is 0 Å². The van der Waals surface area contributed by atoms with Gasteiger partial charge in [0.25, 0.3) is 0 Å². The molecule has 0 bridgehead atoms. The molecule has 13 heavy (non-hydrogen) atoms. The second-order valence-electron chi connectivity index (χ2n) is 3.30. The lowest BCUT2D eigenvalue weighted by atomic mass is 10.2. The molecular formula is C9H14N2O2. The van der Waals surface area contributed by atoms with Crippen molar-refractivity contribution in [3.05, 3.63) is 11.7 Å². The normalized spacial score (nSPS) is 22.4. The Morgan fingerprint density at radius 1 is 1.54 bits per heavy atom. The first-order valence-electron chi connectivity index (χ1n) is 4.81. The number of ether oxygens (including phenoxy) is 1. The lowest BCUT2D eigenvalue weighted by Gasteiger charge is -2.03. The van der Waals surface area contributed by atoms with Crippen molar-refractivity contribution in [1.82, 2.24) is 10.1 Å². The highest BCUT2D eigenvalue weighted by molar-refractivity contribution is 4.89. The van der Waals surface area contributed by atoms with E-state index >= 15 is 0 Å². The summed E-state index contributed by atoms with van der Waals surface area (Å²) in [5.74, 6) is 1.50. The summed E-state index contributed by atoms with van der Waals surface area (Å²) in [5.41, 5.74) is 0. The van der Waals surface area contributed by atoms with Crippen molar-refractivity contribution in [1.29, 1.82) is 0 Å². The SMILES string of the molecule is CCc1nc(CC2CCCO2)no1. The van der Waals surface area contributed by atoms with E-state index < -0.39 is 0 Å².